The maximum absolute atomic E-state index is 4.06. The Morgan fingerprint density at radius 2 is 1.67 bits per heavy atom. The molecule has 0 unspecified atom stereocenters. The average Bonchev–Trinajstić information content (AvgIpc) is 2.37. The lowest BCUT2D eigenvalue weighted by Gasteiger charge is -2.42. The second-order valence-corrected chi connectivity index (χ2v) is 6.10. The SMILES string of the molecule is CC(C)(C)N1CCN(CCc2ccncc2)CC1. The molecule has 0 aromatic carbocycles. The van der Waals surface area contributed by atoms with E-state index in [4.69, 9.17) is 0 Å². The summed E-state index contributed by atoms with van der Waals surface area (Å²) in [5.41, 5.74) is 1.71. The molecule has 1 aliphatic heterocycles. The van der Waals surface area contributed by atoms with E-state index in [0.29, 0.717) is 5.54 Å². The summed E-state index contributed by atoms with van der Waals surface area (Å²) in [5, 5.41) is 0. The molecule has 0 bridgehead atoms. The van der Waals surface area contributed by atoms with Gasteiger partial charge in [0.2, 0.25) is 0 Å². The molecular weight excluding hydrogens is 222 g/mol. The fourth-order valence-electron chi connectivity index (χ4n) is 2.48. The predicted octanol–water partition coefficient (Wildman–Crippen LogP) is 2.04. The van der Waals surface area contributed by atoms with Gasteiger partial charge in [-0.05, 0) is 44.9 Å². The fourth-order valence-corrected chi connectivity index (χ4v) is 2.48. The molecule has 0 saturated carbocycles. The van der Waals surface area contributed by atoms with Crippen LogP contribution < -0.4 is 0 Å². The lowest BCUT2D eigenvalue weighted by molar-refractivity contribution is 0.0629. The molecule has 1 fully saturated rings. The third kappa shape index (κ3) is 3.79. The van der Waals surface area contributed by atoms with Crippen molar-refractivity contribution in [2.75, 3.05) is 32.7 Å². The fraction of sp³-hybridized carbons (Fsp3) is 0.667. The van der Waals surface area contributed by atoms with Crippen molar-refractivity contribution < 1.29 is 0 Å². The summed E-state index contributed by atoms with van der Waals surface area (Å²) in [6.45, 7) is 12.9. The molecule has 1 aliphatic rings. The summed E-state index contributed by atoms with van der Waals surface area (Å²) in [7, 11) is 0. The molecule has 0 amide bonds. The van der Waals surface area contributed by atoms with E-state index in [1.165, 1.54) is 38.3 Å². The van der Waals surface area contributed by atoms with Gasteiger partial charge in [-0.1, -0.05) is 0 Å². The molecule has 1 aromatic heterocycles. The Kier molecular flexibility index (Phi) is 4.36. The zero-order valence-corrected chi connectivity index (χ0v) is 11.9. The molecule has 3 heteroatoms. The highest BCUT2D eigenvalue weighted by Gasteiger charge is 2.25. The number of hydrogen-bond donors (Lipinski definition) is 0. The topological polar surface area (TPSA) is 19.4 Å². The molecule has 0 aliphatic carbocycles. The molecular formula is C15H25N3. The lowest BCUT2D eigenvalue weighted by atomic mass is 10.0. The Hall–Kier alpha value is -0.930. The molecule has 2 rings (SSSR count). The van der Waals surface area contributed by atoms with Gasteiger partial charge in [0.15, 0.2) is 0 Å². The van der Waals surface area contributed by atoms with Crippen LogP contribution in [0.3, 0.4) is 0 Å². The van der Waals surface area contributed by atoms with Gasteiger partial charge in [-0.2, -0.15) is 0 Å². The third-order valence-electron chi connectivity index (χ3n) is 3.79. The zero-order valence-electron chi connectivity index (χ0n) is 11.9. The maximum Gasteiger partial charge on any atom is 0.0270 e. The van der Waals surface area contributed by atoms with Crippen molar-refractivity contribution in [2.45, 2.75) is 32.7 Å². The summed E-state index contributed by atoms with van der Waals surface area (Å²) in [6, 6.07) is 4.23. The van der Waals surface area contributed by atoms with Gasteiger partial charge >= 0.3 is 0 Å². The van der Waals surface area contributed by atoms with Gasteiger partial charge in [0.25, 0.3) is 0 Å². The first-order valence-electron chi connectivity index (χ1n) is 6.92. The number of hydrogen-bond acceptors (Lipinski definition) is 3. The Bertz CT molecular complexity index is 348. The lowest BCUT2D eigenvalue weighted by Crippen LogP contribution is -2.53. The first kappa shape index (κ1) is 13.5. The molecule has 2 heterocycles. The van der Waals surface area contributed by atoms with Gasteiger partial charge < -0.3 is 4.90 Å². The maximum atomic E-state index is 4.06. The van der Waals surface area contributed by atoms with Crippen LogP contribution in [0.2, 0.25) is 0 Å². The summed E-state index contributed by atoms with van der Waals surface area (Å²) in [6.07, 6.45) is 4.90. The monoisotopic (exact) mass is 247 g/mol. The Morgan fingerprint density at radius 1 is 1.06 bits per heavy atom. The van der Waals surface area contributed by atoms with Gasteiger partial charge in [-0.15, -0.1) is 0 Å². The van der Waals surface area contributed by atoms with Crippen LogP contribution in [0.4, 0.5) is 0 Å². The molecule has 0 atom stereocenters. The van der Waals surface area contributed by atoms with Gasteiger partial charge in [0.05, 0.1) is 0 Å². The van der Waals surface area contributed by atoms with Crippen LogP contribution in [0.5, 0.6) is 0 Å². The Morgan fingerprint density at radius 3 is 2.22 bits per heavy atom. The molecule has 1 aromatic rings. The minimum atomic E-state index is 0.317. The largest absolute Gasteiger partial charge is 0.300 e. The van der Waals surface area contributed by atoms with E-state index in [9.17, 15) is 0 Å². The highest BCUT2D eigenvalue weighted by atomic mass is 15.3. The second kappa shape index (κ2) is 5.81. The zero-order chi connectivity index (χ0) is 13.0. The van der Waals surface area contributed by atoms with E-state index < -0.39 is 0 Å². The third-order valence-corrected chi connectivity index (χ3v) is 3.79. The van der Waals surface area contributed by atoms with Crippen LogP contribution >= 0.6 is 0 Å². The first-order valence-corrected chi connectivity index (χ1v) is 6.92. The van der Waals surface area contributed by atoms with E-state index in [1.54, 1.807) is 0 Å². The van der Waals surface area contributed by atoms with Crippen molar-refractivity contribution in [3.63, 3.8) is 0 Å². The predicted molar refractivity (Wildman–Crippen MR) is 75.7 cm³/mol. The number of pyridine rings is 1. The number of piperazine rings is 1. The van der Waals surface area contributed by atoms with Gasteiger partial charge in [-0.25, -0.2) is 0 Å². The summed E-state index contributed by atoms with van der Waals surface area (Å²) in [4.78, 5) is 9.21. The highest BCUT2D eigenvalue weighted by molar-refractivity contribution is 5.09. The number of nitrogens with zero attached hydrogens (tertiary/aromatic N) is 3. The van der Waals surface area contributed by atoms with E-state index in [0.717, 1.165) is 6.42 Å². The van der Waals surface area contributed by atoms with Crippen LogP contribution in [0, 0.1) is 0 Å². The molecule has 100 valence electrons. The normalized spacial score (nSPS) is 19.1. The van der Waals surface area contributed by atoms with Crippen LogP contribution in [0.1, 0.15) is 26.3 Å². The van der Waals surface area contributed by atoms with Crippen molar-refractivity contribution in [1.82, 2.24) is 14.8 Å². The minimum Gasteiger partial charge on any atom is -0.300 e. The standard InChI is InChI=1S/C15H25N3/c1-15(2,3)18-12-10-17(11-13-18)9-6-14-4-7-16-8-5-14/h4-5,7-8H,6,9-13H2,1-3H3. The van der Waals surface area contributed by atoms with Crippen molar-refractivity contribution >= 4 is 0 Å². The van der Waals surface area contributed by atoms with Crippen LogP contribution in [-0.4, -0.2) is 53.0 Å². The van der Waals surface area contributed by atoms with Crippen molar-refractivity contribution in [2.24, 2.45) is 0 Å². The van der Waals surface area contributed by atoms with Gasteiger partial charge in [0, 0.05) is 50.7 Å². The second-order valence-electron chi connectivity index (χ2n) is 6.10. The molecule has 0 spiro atoms. The van der Waals surface area contributed by atoms with Crippen molar-refractivity contribution in [3.8, 4) is 0 Å². The molecule has 0 N–H and O–H groups in total. The molecule has 1 saturated heterocycles. The summed E-state index contributed by atoms with van der Waals surface area (Å²) in [5.74, 6) is 0. The van der Waals surface area contributed by atoms with Crippen LogP contribution in [-0.2, 0) is 6.42 Å². The van der Waals surface area contributed by atoms with E-state index in [1.807, 2.05) is 12.4 Å². The van der Waals surface area contributed by atoms with Gasteiger partial charge in [0.1, 0.15) is 0 Å². The number of aromatic nitrogens is 1. The van der Waals surface area contributed by atoms with Crippen LogP contribution in [0.25, 0.3) is 0 Å². The van der Waals surface area contributed by atoms with Crippen LogP contribution in [0.15, 0.2) is 24.5 Å². The molecule has 3 nitrogen and oxygen atoms in total. The molecule has 0 radical (unpaired) electrons. The summed E-state index contributed by atoms with van der Waals surface area (Å²) < 4.78 is 0. The first-order chi connectivity index (χ1) is 8.55. The minimum absolute atomic E-state index is 0.317. The smallest absolute Gasteiger partial charge is 0.0270 e. The average molecular weight is 247 g/mol. The van der Waals surface area contributed by atoms with E-state index in [-0.39, 0.29) is 0 Å². The molecule has 18 heavy (non-hydrogen) atoms. The quantitative estimate of drug-likeness (QED) is 0.815. The van der Waals surface area contributed by atoms with E-state index >= 15 is 0 Å². The van der Waals surface area contributed by atoms with Crippen molar-refractivity contribution in [3.05, 3.63) is 30.1 Å². The Balaban J connectivity index is 1.74. The van der Waals surface area contributed by atoms with Crippen molar-refractivity contribution in [1.29, 1.82) is 0 Å². The van der Waals surface area contributed by atoms with Gasteiger partial charge in [-0.3, -0.25) is 9.88 Å². The highest BCUT2D eigenvalue weighted by Crippen LogP contribution is 2.15. The number of rotatable bonds is 3. The summed E-state index contributed by atoms with van der Waals surface area (Å²) >= 11 is 0. The Labute approximate surface area is 111 Å². The van der Waals surface area contributed by atoms with E-state index in [2.05, 4.69) is 47.7 Å².